The molecule has 1 aliphatic carbocycles. The number of hydrogen-bond donors (Lipinski definition) is 3. The summed E-state index contributed by atoms with van der Waals surface area (Å²) in [7, 11) is 0. The molecule has 0 heterocycles. The number of carboxylic acid groups (broad SMARTS) is 1. The molecule has 6 heteroatoms. The van der Waals surface area contributed by atoms with Gasteiger partial charge in [-0.1, -0.05) is 64.8 Å². The van der Waals surface area contributed by atoms with E-state index in [1.165, 1.54) is 17.7 Å². The van der Waals surface area contributed by atoms with E-state index in [0.29, 0.717) is 0 Å². The third-order valence-corrected chi connectivity index (χ3v) is 6.99. The van der Waals surface area contributed by atoms with E-state index >= 15 is 0 Å². The van der Waals surface area contributed by atoms with Crippen LogP contribution < -0.4 is 29.6 Å². The van der Waals surface area contributed by atoms with E-state index in [1.807, 2.05) is 18.2 Å². The molecule has 3 N–H and O–H groups in total. The molecule has 2 rings (SSSR count). The molecule has 0 fully saturated rings. The van der Waals surface area contributed by atoms with Gasteiger partial charge in [-0.15, -0.1) is 0 Å². The van der Waals surface area contributed by atoms with Crippen LogP contribution in [0, 0.1) is 16.6 Å². The van der Waals surface area contributed by atoms with Gasteiger partial charge in [0.05, 0.1) is 18.6 Å². The number of aliphatic carboxylic acids is 1. The van der Waals surface area contributed by atoms with Crippen LogP contribution in [0.15, 0.2) is 42.0 Å². The summed E-state index contributed by atoms with van der Waals surface area (Å²) in [4.78, 5) is 10.8. The molecule has 0 radical (unpaired) electrons. The van der Waals surface area contributed by atoms with Gasteiger partial charge in [0.2, 0.25) is 0 Å². The Morgan fingerprint density at radius 3 is 2.28 bits per heavy atom. The van der Waals surface area contributed by atoms with Crippen molar-refractivity contribution in [1.29, 1.82) is 0 Å². The van der Waals surface area contributed by atoms with E-state index in [0.717, 1.165) is 43.2 Å². The van der Waals surface area contributed by atoms with Crippen LogP contribution in [0.1, 0.15) is 79.6 Å². The van der Waals surface area contributed by atoms with E-state index in [-0.39, 0.29) is 54.1 Å². The number of benzene rings is 1. The molecule has 0 saturated carbocycles. The SMILES string of the molecule is CCC1(CC)CCC(C)(C)C(/C=C/C(O)CC(O)CC(=O)O)=C(c2ccc(F)cc2)C1.[H-].[Na+]. The van der Waals surface area contributed by atoms with Crippen molar-refractivity contribution in [3.8, 4) is 0 Å². The van der Waals surface area contributed by atoms with Crippen LogP contribution in [0.5, 0.6) is 0 Å². The van der Waals surface area contributed by atoms with Gasteiger partial charge in [0, 0.05) is 6.42 Å². The second kappa shape index (κ2) is 12.5. The Morgan fingerprint density at radius 2 is 1.75 bits per heavy atom. The van der Waals surface area contributed by atoms with E-state index < -0.39 is 24.6 Å². The van der Waals surface area contributed by atoms with E-state index in [4.69, 9.17) is 5.11 Å². The molecule has 0 aromatic heterocycles. The van der Waals surface area contributed by atoms with Crippen molar-refractivity contribution in [2.75, 3.05) is 0 Å². The summed E-state index contributed by atoms with van der Waals surface area (Å²) in [5, 5.41) is 29.0. The van der Waals surface area contributed by atoms with Crippen LogP contribution in [0.4, 0.5) is 4.39 Å². The largest absolute Gasteiger partial charge is 1.00 e. The Balaban J connectivity index is 0.00000512. The average molecular weight is 457 g/mol. The molecule has 0 amide bonds. The molecule has 0 bridgehead atoms. The van der Waals surface area contributed by atoms with Crippen molar-refractivity contribution in [2.45, 2.75) is 84.8 Å². The third kappa shape index (κ3) is 7.81. The van der Waals surface area contributed by atoms with Gasteiger partial charge in [-0.05, 0) is 58.9 Å². The zero-order chi connectivity index (χ0) is 23.2. The van der Waals surface area contributed by atoms with Crippen molar-refractivity contribution in [2.24, 2.45) is 10.8 Å². The molecule has 2 unspecified atom stereocenters. The molecule has 1 aliphatic rings. The number of hydrogen-bond acceptors (Lipinski definition) is 3. The summed E-state index contributed by atoms with van der Waals surface area (Å²) in [6.45, 7) is 8.85. The van der Waals surface area contributed by atoms with Crippen LogP contribution in [0.2, 0.25) is 0 Å². The summed E-state index contributed by atoms with van der Waals surface area (Å²) < 4.78 is 13.6. The molecule has 2 atom stereocenters. The number of carbonyl (C=O) groups is 1. The molecule has 4 nitrogen and oxygen atoms in total. The topological polar surface area (TPSA) is 77.8 Å². The van der Waals surface area contributed by atoms with Crippen molar-refractivity contribution in [3.05, 3.63) is 53.4 Å². The minimum atomic E-state index is -1.10. The van der Waals surface area contributed by atoms with Crippen molar-refractivity contribution in [1.82, 2.24) is 0 Å². The fourth-order valence-electron chi connectivity index (χ4n) is 4.62. The summed E-state index contributed by atoms with van der Waals surface area (Å²) in [6.07, 6.45) is 6.20. The van der Waals surface area contributed by atoms with Gasteiger partial charge in [-0.25, -0.2) is 4.39 Å². The third-order valence-electron chi connectivity index (χ3n) is 6.99. The summed E-state index contributed by atoms with van der Waals surface area (Å²) in [5.74, 6) is -1.36. The number of aliphatic hydroxyl groups excluding tert-OH is 2. The van der Waals surface area contributed by atoms with Gasteiger partial charge in [0.15, 0.2) is 0 Å². The first-order valence-corrected chi connectivity index (χ1v) is 11.3. The van der Waals surface area contributed by atoms with Gasteiger partial charge in [-0.3, -0.25) is 4.79 Å². The number of aliphatic hydroxyl groups is 2. The van der Waals surface area contributed by atoms with Crippen LogP contribution in [-0.4, -0.2) is 33.5 Å². The van der Waals surface area contributed by atoms with Crippen LogP contribution in [-0.2, 0) is 4.79 Å². The summed E-state index contributed by atoms with van der Waals surface area (Å²) in [5.41, 5.74) is 3.29. The average Bonchev–Trinajstić information content (AvgIpc) is 2.80. The Hall–Kier alpha value is -0.980. The molecule has 1 aromatic carbocycles. The number of rotatable bonds is 9. The standard InChI is InChI=1S/C26H37FO4.Na.H/c1-5-26(6-2)14-13-25(3,4)23(12-11-20(28)15-21(29)16-24(30)31)22(17-26)18-7-9-19(27)10-8-18;;/h7-12,20-21,28-29H,5-6,13-17H2,1-4H3,(H,30,31);;/q;+1;-1/b12-11+;;. The van der Waals surface area contributed by atoms with Crippen molar-refractivity contribution < 1.29 is 55.5 Å². The molecule has 1 aromatic rings. The first-order valence-electron chi connectivity index (χ1n) is 11.3. The smallest absolute Gasteiger partial charge is 1.00 e. The first kappa shape index (κ1) is 29.1. The molecule has 0 spiro atoms. The Morgan fingerprint density at radius 1 is 1.16 bits per heavy atom. The summed E-state index contributed by atoms with van der Waals surface area (Å²) in [6, 6.07) is 6.61. The molecule has 174 valence electrons. The maximum absolute atomic E-state index is 13.6. The van der Waals surface area contributed by atoms with E-state index in [1.54, 1.807) is 6.08 Å². The first-order chi connectivity index (χ1) is 14.5. The van der Waals surface area contributed by atoms with Gasteiger partial charge >= 0.3 is 35.5 Å². The zero-order valence-electron chi connectivity index (χ0n) is 21.2. The van der Waals surface area contributed by atoms with Gasteiger partial charge in [0.25, 0.3) is 0 Å². The van der Waals surface area contributed by atoms with Gasteiger partial charge < -0.3 is 16.7 Å². The molecule has 0 saturated heterocycles. The molecule has 32 heavy (non-hydrogen) atoms. The number of carboxylic acids is 1. The molecular weight excluding hydrogens is 418 g/mol. The second-order valence-corrected chi connectivity index (χ2v) is 9.58. The Bertz CT molecular complexity index is 816. The van der Waals surface area contributed by atoms with Crippen LogP contribution >= 0.6 is 0 Å². The number of allylic oxidation sites excluding steroid dienone is 3. The van der Waals surface area contributed by atoms with Crippen molar-refractivity contribution in [3.63, 3.8) is 0 Å². The molecular formula is C26H38FNaO4. The van der Waals surface area contributed by atoms with Crippen LogP contribution in [0.25, 0.3) is 5.57 Å². The fraction of sp³-hybridized carbons (Fsp3) is 0.577. The van der Waals surface area contributed by atoms with Crippen LogP contribution in [0.3, 0.4) is 0 Å². The Labute approximate surface area is 215 Å². The van der Waals surface area contributed by atoms with Gasteiger partial charge in [0.1, 0.15) is 5.82 Å². The normalized spacial score (nSPS) is 19.8. The monoisotopic (exact) mass is 456 g/mol. The van der Waals surface area contributed by atoms with E-state index in [9.17, 15) is 19.4 Å². The summed E-state index contributed by atoms with van der Waals surface area (Å²) >= 11 is 0. The zero-order valence-corrected chi connectivity index (χ0v) is 22.2. The number of halogens is 1. The minimum Gasteiger partial charge on any atom is -1.00 e. The van der Waals surface area contributed by atoms with E-state index in [2.05, 4.69) is 27.7 Å². The molecule has 0 aliphatic heterocycles. The quantitative estimate of drug-likeness (QED) is 0.500. The Kier molecular flexibility index (Phi) is 11.3. The second-order valence-electron chi connectivity index (χ2n) is 9.58. The van der Waals surface area contributed by atoms with Crippen molar-refractivity contribution >= 4 is 11.5 Å². The fourth-order valence-corrected chi connectivity index (χ4v) is 4.62. The van der Waals surface area contributed by atoms with Gasteiger partial charge in [-0.2, -0.15) is 0 Å². The maximum atomic E-state index is 13.6. The predicted octanol–water partition coefficient (Wildman–Crippen LogP) is 2.86. The predicted molar refractivity (Wildman–Crippen MR) is 123 cm³/mol. The minimum absolute atomic E-state index is 0. The maximum Gasteiger partial charge on any atom is 1.00 e.